The number of hydrogen-bond donors (Lipinski definition) is 0. The first-order valence-electron chi connectivity index (χ1n) is 7.87. The van der Waals surface area contributed by atoms with E-state index in [0.717, 1.165) is 38.9 Å². The number of rotatable bonds is 5. The highest BCUT2D eigenvalue weighted by Crippen LogP contribution is 2.27. The SMILES string of the molecule is O=C(c1ccc(Cl)c(Cl)c1)C1CCN(CCc2cccs2)CC1. The number of carbonyl (C=O) groups excluding carboxylic acids is 1. The van der Waals surface area contributed by atoms with E-state index in [1.54, 1.807) is 18.2 Å². The van der Waals surface area contributed by atoms with E-state index in [2.05, 4.69) is 22.4 Å². The van der Waals surface area contributed by atoms with Gasteiger partial charge in [-0.2, -0.15) is 0 Å². The Morgan fingerprint density at radius 1 is 1.17 bits per heavy atom. The van der Waals surface area contributed by atoms with Gasteiger partial charge >= 0.3 is 0 Å². The van der Waals surface area contributed by atoms with Crippen LogP contribution in [0.25, 0.3) is 0 Å². The Bertz CT molecular complexity index is 664. The van der Waals surface area contributed by atoms with E-state index >= 15 is 0 Å². The largest absolute Gasteiger partial charge is 0.303 e. The van der Waals surface area contributed by atoms with Gasteiger partial charge in [-0.15, -0.1) is 11.3 Å². The fourth-order valence-electron chi connectivity index (χ4n) is 3.03. The number of thiophene rings is 1. The van der Waals surface area contributed by atoms with Gasteiger partial charge in [-0.05, 0) is 62.0 Å². The molecule has 2 aromatic rings. The summed E-state index contributed by atoms with van der Waals surface area (Å²) in [6, 6.07) is 9.45. The van der Waals surface area contributed by atoms with Crippen molar-refractivity contribution in [2.75, 3.05) is 19.6 Å². The molecule has 0 amide bonds. The summed E-state index contributed by atoms with van der Waals surface area (Å²) in [7, 11) is 0. The van der Waals surface area contributed by atoms with Crippen molar-refractivity contribution in [3.05, 3.63) is 56.2 Å². The minimum absolute atomic E-state index is 0.102. The Morgan fingerprint density at radius 3 is 2.61 bits per heavy atom. The quantitative estimate of drug-likeness (QED) is 0.677. The molecule has 0 aliphatic carbocycles. The molecule has 1 saturated heterocycles. The summed E-state index contributed by atoms with van der Waals surface area (Å²) >= 11 is 13.7. The van der Waals surface area contributed by atoms with Crippen LogP contribution in [0.1, 0.15) is 28.1 Å². The molecule has 0 unspecified atom stereocenters. The maximum Gasteiger partial charge on any atom is 0.166 e. The molecule has 0 saturated carbocycles. The third-order valence-corrected chi connectivity index (χ3v) is 6.09. The van der Waals surface area contributed by atoms with Crippen molar-refractivity contribution in [1.29, 1.82) is 0 Å². The van der Waals surface area contributed by atoms with Gasteiger partial charge in [0.25, 0.3) is 0 Å². The van der Waals surface area contributed by atoms with Crippen LogP contribution in [0.4, 0.5) is 0 Å². The number of ketones is 1. The molecule has 0 spiro atoms. The Balaban J connectivity index is 1.51. The van der Waals surface area contributed by atoms with Gasteiger partial charge in [0, 0.05) is 22.9 Å². The molecule has 1 aromatic carbocycles. The van der Waals surface area contributed by atoms with E-state index in [-0.39, 0.29) is 11.7 Å². The van der Waals surface area contributed by atoms with E-state index in [1.807, 2.05) is 11.3 Å². The van der Waals surface area contributed by atoms with E-state index in [4.69, 9.17) is 23.2 Å². The number of likely N-dealkylation sites (tertiary alicyclic amines) is 1. The first kappa shape index (κ1) is 17.0. The third kappa shape index (κ3) is 4.36. The van der Waals surface area contributed by atoms with Gasteiger partial charge in [0.05, 0.1) is 10.0 Å². The van der Waals surface area contributed by atoms with Crippen molar-refractivity contribution >= 4 is 40.3 Å². The fourth-order valence-corrected chi connectivity index (χ4v) is 4.02. The highest BCUT2D eigenvalue weighted by molar-refractivity contribution is 7.09. The molecule has 0 atom stereocenters. The number of piperidine rings is 1. The zero-order valence-corrected chi connectivity index (χ0v) is 15.1. The lowest BCUT2D eigenvalue weighted by Crippen LogP contribution is -2.37. The van der Waals surface area contributed by atoms with Crippen LogP contribution in [-0.2, 0) is 6.42 Å². The summed E-state index contributed by atoms with van der Waals surface area (Å²) < 4.78 is 0. The second kappa shape index (κ2) is 7.80. The van der Waals surface area contributed by atoms with Crippen LogP contribution < -0.4 is 0 Å². The van der Waals surface area contributed by atoms with Crippen LogP contribution in [0.5, 0.6) is 0 Å². The van der Waals surface area contributed by atoms with Crippen molar-refractivity contribution in [3.63, 3.8) is 0 Å². The molecule has 1 aliphatic heterocycles. The zero-order valence-electron chi connectivity index (χ0n) is 12.8. The van der Waals surface area contributed by atoms with Gasteiger partial charge < -0.3 is 4.90 Å². The summed E-state index contributed by atoms with van der Waals surface area (Å²) in [5.41, 5.74) is 0.677. The number of hydrogen-bond acceptors (Lipinski definition) is 3. The molecular weight excluding hydrogens is 349 g/mol. The molecule has 1 aliphatic rings. The smallest absolute Gasteiger partial charge is 0.166 e. The van der Waals surface area contributed by atoms with Crippen LogP contribution in [0.15, 0.2) is 35.7 Å². The van der Waals surface area contributed by atoms with Crippen molar-refractivity contribution in [2.24, 2.45) is 5.92 Å². The molecule has 2 heterocycles. The van der Waals surface area contributed by atoms with Crippen LogP contribution >= 0.6 is 34.5 Å². The predicted octanol–water partition coefficient (Wildman–Crippen LogP) is 5.19. The van der Waals surface area contributed by atoms with Gasteiger partial charge in [0.15, 0.2) is 5.78 Å². The van der Waals surface area contributed by atoms with Gasteiger partial charge in [-0.25, -0.2) is 0 Å². The fraction of sp³-hybridized carbons (Fsp3) is 0.389. The van der Waals surface area contributed by atoms with E-state index in [0.29, 0.717) is 15.6 Å². The molecule has 23 heavy (non-hydrogen) atoms. The standard InChI is InChI=1S/C18H19Cl2NOS/c19-16-4-3-14(12-17(16)20)18(22)13-5-8-21(9-6-13)10-7-15-2-1-11-23-15/h1-4,11-13H,5-10H2. The molecule has 3 rings (SSSR count). The number of benzene rings is 1. The van der Waals surface area contributed by atoms with Gasteiger partial charge in [0.1, 0.15) is 0 Å². The Hall–Kier alpha value is -0.870. The minimum Gasteiger partial charge on any atom is -0.303 e. The maximum atomic E-state index is 12.6. The average molecular weight is 368 g/mol. The number of nitrogens with zero attached hydrogens (tertiary/aromatic N) is 1. The lowest BCUT2D eigenvalue weighted by Gasteiger charge is -2.31. The first-order chi connectivity index (χ1) is 11.1. The molecule has 1 fully saturated rings. The lowest BCUT2D eigenvalue weighted by molar-refractivity contribution is 0.0841. The Kier molecular flexibility index (Phi) is 5.76. The van der Waals surface area contributed by atoms with E-state index in [9.17, 15) is 4.79 Å². The Labute approximate surface area is 151 Å². The molecule has 0 N–H and O–H groups in total. The van der Waals surface area contributed by atoms with Crippen LogP contribution in [0.2, 0.25) is 10.0 Å². The second-order valence-electron chi connectivity index (χ2n) is 5.94. The highest BCUT2D eigenvalue weighted by Gasteiger charge is 2.26. The van der Waals surface area contributed by atoms with Crippen molar-refractivity contribution in [2.45, 2.75) is 19.3 Å². The van der Waals surface area contributed by atoms with Gasteiger partial charge in [-0.3, -0.25) is 4.79 Å². The second-order valence-corrected chi connectivity index (χ2v) is 7.79. The van der Waals surface area contributed by atoms with Gasteiger partial charge in [-0.1, -0.05) is 29.3 Å². The Morgan fingerprint density at radius 2 is 1.96 bits per heavy atom. The van der Waals surface area contributed by atoms with Crippen molar-refractivity contribution in [1.82, 2.24) is 4.90 Å². The normalized spacial score (nSPS) is 16.6. The van der Waals surface area contributed by atoms with Crippen LogP contribution in [0, 0.1) is 5.92 Å². The summed E-state index contributed by atoms with van der Waals surface area (Å²) in [5.74, 6) is 0.298. The summed E-state index contributed by atoms with van der Waals surface area (Å²) in [6.07, 6.45) is 2.94. The summed E-state index contributed by atoms with van der Waals surface area (Å²) in [5, 5.41) is 3.06. The summed E-state index contributed by atoms with van der Waals surface area (Å²) in [4.78, 5) is 16.5. The number of carbonyl (C=O) groups is 1. The van der Waals surface area contributed by atoms with Gasteiger partial charge in [0.2, 0.25) is 0 Å². The van der Waals surface area contributed by atoms with E-state index < -0.39 is 0 Å². The molecule has 1 aromatic heterocycles. The molecule has 2 nitrogen and oxygen atoms in total. The number of Topliss-reactive ketones (excluding diaryl/α,β-unsaturated/α-hetero) is 1. The van der Waals surface area contributed by atoms with Crippen molar-refractivity contribution in [3.8, 4) is 0 Å². The summed E-state index contributed by atoms with van der Waals surface area (Å²) in [6.45, 7) is 3.06. The third-order valence-electron chi connectivity index (χ3n) is 4.42. The number of halogens is 2. The minimum atomic E-state index is 0.102. The molecule has 122 valence electrons. The molecule has 0 bridgehead atoms. The van der Waals surface area contributed by atoms with E-state index in [1.165, 1.54) is 4.88 Å². The van der Waals surface area contributed by atoms with Crippen LogP contribution in [0.3, 0.4) is 0 Å². The highest BCUT2D eigenvalue weighted by atomic mass is 35.5. The molecule has 0 radical (unpaired) electrons. The molecule has 5 heteroatoms. The lowest BCUT2D eigenvalue weighted by atomic mass is 9.89. The zero-order chi connectivity index (χ0) is 16.2. The maximum absolute atomic E-state index is 12.6. The monoisotopic (exact) mass is 367 g/mol. The van der Waals surface area contributed by atoms with Crippen LogP contribution in [-0.4, -0.2) is 30.3 Å². The first-order valence-corrected chi connectivity index (χ1v) is 9.51. The topological polar surface area (TPSA) is 20.3 Å². The van der Waals surface area contributed by atoms with Crippen molar-refractivity contribution < 1.29 is 4.79 Å². The predicted molar refractivity (Wildman–Crippen MR) is 98.0 cm³/mol. The molecular formula is C18H19Cl2NOS. The average Bonchev–Trinajstić information content (AvgIpc) is 3.09.